The first-order chi connectivity index (χ1) is 7.19. The van der Waals surface area contributed by atoms with Gasteiger partial charge < -0.3 is 5.32 Å². The molecule has 0 fully saturated rings. The van der Waals surface area contributed by atoms with E-state index in [0.717, 1.165) is 6.42 Å². The smallest absolute Gasteiger partial charge is 0.0195 e. The number of likely N-dealkylation sites (N-methyl/N-ethyl adjacent to an activating group) is 1. The van der Waals surface area contributed by atoms with E-state index in [1.54, 1.807) is 0 Å². The molecule has 1 aromatic rings. The van der Waals surface area contributed by atoms with Gasteiger partial charge >= 0.3 is 0 Å². The van der Waals surface area contributed by atoms with Gasteiger partial charge in [0.15, 0.2) is 0 Å². The van der Waals surface area contributed by atoms with E-state index in [4.69, 9.17) is 0 Å². The quantitative estimate of drug-likeness (QED) is 0.824. The maximum absolute atomic E-state index is 3.39. The second-order valence-electron chi connectivity index (χ2n) is 4.02. The maximum Gasteiger partial charge on any atom is 0.0195 e. The highest BCUT2D eigenvalue weighted by molar-refractivity contribution is 7.98. The molecule has 0 heterocycles. The van der Waals surface area contributed by atoms with Gasteiger partial charge in [0.25, 0.3) is 0 Å². The Hall–Kier alpha value is -0.470. The van der Waals surface area contributed by atoms with E-state index in [0.29, 0.717) is 6.04 Å². The molecule has 1 nitrogen and oxygen atoms in total. The zero-order valence-corrected chi connectivity index (χ0v) is 10.9. The molecule has 0 radical (unpaired) electrons. The first-order valence-corrected chi connectivity index (χ1v) is 6.79. The van der Waals surface area contributed by atoms with Crippen LogP contribution in [0.5, 0.6) is 0 Å². The molecule has 0 aromatic heterocycles. The van der Waals surface area contributed by atoms with Gasteiger partial charge in [-0.1, -0.05) is 18.2 Å². The fourth-order valence-electron chi connectivity index (χ4n) is 1.86. The lowest BCUT2D eigenvalue weighted by Gasteiger charge is -2.18. The van der Waals surface area contributed by atoms with Crippen molar-refractivity contribution >= 4 is 11.8 Å². The molecule has 2 heteroatoms. The van der Waals surface area contributed by atoms with Crippen LogP contribution in [0.15, 0.2) is 18.2 Å². The van der Waals surface area contributed by atoms with Gasteiger partial charge in [0.1, 0.15) is 0 Å². The van der Waals surface area contributed by atoms with Crippen LogP contribution in [-0.2, 0) is 6.42 Å². The molecule has 0 spiro atoms. The molecule has 0 aliphatic rings. The van der Waals surface area contributed by atoms with Crippen molar-refractivity contribution in [1.29, 1.82) is 0 Å². The summed E-state index contributed by atoms with van der Waals surface area (Å²) in [5, 5.41) is 3.39. The standard InChI is InChI=1S/C13H21NS/c1-10-6-5-7-11(2)13(10)8-12(14-3)9-15-4/h5-7,12,14H,8-9H2,1-4H3. The molecule has 0 aliphatic heterocycles. The zero-order valence-electron chi connectivity index (χ0n) is 10.1. The molecule has 1 aromatic carbocycles. The number of rotatable bonds is 5. The molecular formula is C13H21NS. The highest BCUT2D eigenvalue weighted by Crippen LogP contribution is 2.16. The summed E-state index contributed by atoms with van der Waals surface area (Å²) >= 11 is 1.90. The van der Waals surface area contributed by atoms with Crippen molar-refractivity contribution in [3.63, 3.8) is 0 Å². The largest absolute Gasteiger partial charge is 0.316 e. The lowest BCUT2D eigenvalue weighted by molar-refractivity contribution is 0.614. The second-order valence-corrected chi connectivity index (χ2v) is 4.93. The average Bonchev–Trinajstić information content (AvgIpc) is 2.22. The summed E-state index contributed by atoms with van der Waals surface area (Å²) in [5.41, 5.74) is 4.33. The van der Waals surface area contributed by atoms with Crippen molar-refractivity contribution in [2.24, 2.45) is 0 Å². The fraction of sp³-hybridized carbons (Fsp3) is 0.538. The van der Waals surface area contributed by atoms with Gasteiger partial charge in [-0.2, -0.15) is 11.8 Å². The number of hydrogen-bond donors (Lipinski definition) is 1. The number of aryl methyl sites for hydroxylation is 2. The SMILES string of the molecule is CNC(CSC)Cc1c(C)cccc1C. The van der Waals surface area contributed by atoms with Crippen molar-refractivity contribution in [1.82, 2.24) is 5.32 Å². The normalized spacial score (nSPS) is 12.8. The van der Waals surface area contributed by atoms with Crippen LogP contribution in [0.4, 0.5) is 0 Å². The van der Waals surface area contributed by atoms with Gasteiger partial charge in [-0.15, -0.1) is 0 Å². The summed E-state index contributed by atoms with van der Waals surface area (Å²) in [5.74, 6) is 1.17. The molecule has 0 aliphatic carbocycles. The van der Waals surface area contributed by atoms with E-state index in [2.05, 4.69) is 50.7 Å². The van der Waals surface area contributed by atoms with Gasteiger partial charge in [0.2, 0.25) is 0 Å². The van der Waals surface area contributed by atoms with Crippen LogP contribution in [0.25, 0.3) is 0 Å². The van der Waals surface area contributed by atoms with Crippen molar-refractivity contribution in [2.75, 3.05) is 19.1 Å². The van der Waals surface area contributed by atoms with Gasteiger partial charge in [-0.3, -0.25) is 0 Å². The van der Waals surface area contributed by atoms with Crippen molar-refractivity contribution in [3.8, 4) is 0 Å². The molecule has 15 heavy (non-hydrogen) atoms. The molecule has 0 amide bonds. The van der Waals surface area contributed by atoms with E-state index in [1.165, 1.54) is 22.4 Å². The van der Waals surface area contributed by atoms with E-state index < -0.39 is 0 Å². The van der Waals surface area contributed by atoms with Crippen LogP contribution in [0, 0.1) is 13.8 Å². The Morgan fingerprint density at radius 2 is 1.87 bits per heavy atom. The summed E-state index contributed by atoms with van der Waals surface area (Å²) in [6.45, 7) is 4.41. The molecular weight excluding hydrogens is 202 g/mol. The number of thioether (sulfide) groups is 1. The lowest BCUT2D eigenvalue weighted by Crippen LogP contribution is -2.30. The predicted octanol–water partition coefficient (Wildman–Crippen LogP) is 2.80. The minimum absolute atomic E-state index is 0.583. The van der Waals surface area contributed by atoms with Gasteiger partial charge in [0, 0.05) is 11.8 Å². The van der Waals surface area contributed by atoms with Crippen LogP contribution in [0.3, 0.4) is 0 Å². The summed E-state index contributed by atoms with van der Waals surface area (Å²) in [6.07, 6.45) is 3.30. The summed E-state index contributed by atoms with van der Waals surface area (Å²) < 4.78 is 0. The van der Waals surface area contributed by atoms with E-state index in [-0.39, 0.29) is 0 Å². The molecule has 0 saturated carbocycles. The average molecular weight is 223 g/mol. The molecule has 0 bridgehead atoms. The van der Waals surface area contributed by atoms with Gasteiger partial charge in [-0.25, -0.2) is 0 Å². The van der Waals surface area contributed by atoms with Gasteiger partial charge in [-0.05, 0) is 50.3 Å². The summed E-state index contributed by atoms with van der Waals surface area (Å²) in [6, 6.07) is 7.12. The first kappa shape index (κ1) is 12.6. The van der Waals surface area contributed by atoms with E-state index in [9.17, 15) is 0 Å². The van der Waals surface area contributed by atoms with Crippen molar-refractivity contribution in [3.05, 3.63) is 34.9 Å². The molecule has 84 valence electrons. The minimum Gasteiger partial charge on any atom is -0.316 e. The third kappa shape index (κ3) is 3.54. The molecule has 0 saturated heterocycles. The number of nitrogens with one attached hydrogen (secondary N) is 1. The minimum atomic E-state index is 0.583. The topological polar surface area (TPSA) is 12.0 Å². The molecule has 1 rings (SSSR count). The van der Waals surface area contributed by atoms with Crippen LogP contribution in [-0.4, -0.2) is 25.1 Å². The third-order valence-corrected chi connectivity index (χ3v) is 3.61. The van der Waals surface area contributed by atoms with Crippen LogP contribution >= 0.6 is 11.8 Å². The zero-order chi connectivity index (χ0) is 11.3. The van der Waals surface area contributed by atoms with Crippen molar-refractivity contribution in [2.45, 2.75) is 26.3 Å². The first-order valence-electron chi connectivity index (χ1n) is 5.40. The van der Waals surface area contributed by atoms with Crippen LogP contribution in [0.1, 0.15) is 16.7 Å². The monoisotopic (exact) mass is 223 g/mol. The van der Waals surface area contributed by atoms with Crippen LogP contribution in [0.2, 0.25) is 0 Å². The Bertz CT molecular complexity index is 289. The summed E-state index contributed by atoms with van der Waals surface area (Å²) in [4.78, 5) is 0. The van der Waals surface area contributed by atoms with Crippen LogP contribution < -0.4 is 5.32 Å². The Morgan fingerprint density at radius 3 is 2.33 bits per heavy atom. The van der Waals surface area contributed by atoms with E-state index in [1.807, 2.05) is 11.8 Å². The predicted molar refractivity (Wildman–Crippen MR) is 70.8 cm³/mol. The molecule has 1 N–H and O–H groups in total. The van der Waals surface area contributed by atoms with Gasteiger partial charge in [0.05, 0.1) is 0 Å². The maximum atomic E-state index is 3.39. The third-order valence-electron chi connectivity index (χ3n) is 2.87. The highest BCUT2D eigenvalue weighted by atomic mass is 32.2. The Kier molecular flexibility index (Phi) is 5.20. The number of benzene rings is 1. The molecule has 1 unspecified atom stereocenters. The van der Waals surface area contributed by atoms with E-state index >= 15 is 0 Å². The fourth-order valence-corrected chi connectivity index (χ4v) is 2.55. The highest BCUT2D eigenvalue weighted by Gasteiger charge is 2.09. The van der Waals surface area contributed by atoms with Crippen molar-refractivity contribution < 1.29 is 0 Å². The molecule has 1 atom stereocenters. The summed E-state index contributed by atoms with van der Waals surface area (Å²) in [7, 11) is 2.05. The Labute approximate surface area is 97.7 Å². The number of hydrogen-bond acceptors (Lipinski definition) is 2. The second kappa shape index (κ2) is 6.19. The lowest BCUT2D eigenvalue weighted by atomic mass is 9.97. The Morgan fingerprint density at radius 1 is 1.27 bits per heavy atom. The Balaban J connectivity index is 2.78.